The van der Waals surface area contributed by atoms with Gasteiger partial charge in [-0.05, 0) is 36.4 Å². The summed E-state index contributed by atoms with van der Waals surface area (Å²) in [6, 6.07) is 11.5. The highest BCUT2D eigenvalue weighted by molar-refractivity contribution is 5.97. The average Bonchev–Trinajstić information content (AvgIpc) is 3.45. The van der Waals surface area contributed by atoms with Gasteiger partial charge in [0, 0.05) is 61.4 Å². The van der Waals surface area contributed by atoms with Gasteiger partial charge in [-0.25, -0.2) is 13.8 Å². The van der Waals surface area contributed by atoms with Gasteiger partial charge in [0.15, 0.2) is 5.82 Å². The standard InChI is InChI=1S/C23H22F2N6O/c1-2-19-27-20(29-28-19)15-3-5-18(6-4-15)31-10-7-16-13-17(14-26-21(16)31)22(32)30-11-8-23(24,25)9-12-30/h3-7,10,13-14H,2,8-9,11-12H2,1H3,(H,27,28,29). The zero-order valence-corrected chi connectivity index (χ0v) is 17.6. The number of likely N-dealkylation sites (tertiary alicyclic amines) is 1. The van der Waals surface area contributed by atoms with E-state index in [1.807, 2.05) is 48.0 Å². The van der Waals surface area contributed by atoms with Crippen molar-refractivity contribution in [3.63, 3.8) is 0 Å². The van der Waals surface area contributed by atoms with Crippen LogP contribution in [0.5, 0.6) is 0 Å². The molecule has 1 aromatic carbocycles. The number of halogens is 2. The summed E-state index contributed by atoms with van der Waals surface area (Å²) in [6.45, 7) is 2.13. The van der Waals surface area contributed by atoms with Gasteiger partial charge >= 0.3 is 0 Å². The number of alkyl halides is 2. The van der Waals surface area contributed by atoms with E-state index in [2.05, 4.69) is 20.2 Å². The summed E-state index contributed by atoms with van der Waals surface area (Å²) in [5.41, 5.74) is 2.98. The minimum Gasteiger partial charge on any atom is -0.338 e. The second-order valence-electron chi connectivity index (χ2n) is 7.99. The van der Waals surface area contributed by atoms with Crippen molar-refractivity contribution in [3.8, 4) is 17.1 Å². The molecular formula is C23H22F2N6O. The van der Waals surface area contributed by atoms with Crippen molar-refractivity contribution in [3.05, 3.63) is 60.2 Å². The van der Waals surface area contributed by atoms with Crippen molar-refractivity contribution in [2.45, 2.75) is 32.1 Å². The molecule has 9 heteroatoms. The van der Waals surface area contributed by atoms with Gasteiger partial charge in [0.2, 0.25) is 0 Å². The van der Waals surface area contributed by atoms with Crippen LogP contribution < -0.4 is 0 Å². The lowest BCUT2D eigenvalue weighted by molar-refractivity contribution is -0.0494. The molecule has 1 aliphatic heterocycles. The summed E-state index contributed by atoms with van der Waals surface area (Å²) >= 11 is 0. The fraction of sp³-hybridized carbons (Fsp3) is 0.304. The van der Waals surface area contributed by atoms with Crippen LogP contribution in [0.1, 0.15) is 35.9 Å². The van der Waals surface area contributed by atoms with Gasteiger partial charge in [0.05, 0.1) is 5.56 Å². The molecule has 1 amide bonds. The van der Waals surface area contributed by atoms with Gasteiger partial charge in [0.25, 0.3) is 11.8 Å². The highest BCUT2D eigenvalue weighted by Gasteiger charge is 2.35. The normalized spacial score (nSPS) is 15.9. The third-order valence-corrected chi connectivity index (χ3v) is 5.84. The summed E-state index contributed by atoms with van der Waals surface area (Å²) in [4.78, 5) is 21.9. The number of carbonyl (C=O) groups is 1. The van der Waals surface area contributed by atoms with E-state index >= 15 is 0 Å². The molecule has 0 radical (unpaired) electrons. The number of rotatable bonds is 4. The highest BCUT2D eigenvalue weighted by Crippen LogP contribution is 2.29. The zero-order chi connectivity index (χ0) is 22.3. The number of nitrogens with zero attached hydrogens (tertiary/aromatic N) is 5. The van der Waals surface area contributed by atoms with Gasteiger partial charge < -0.3 is 14.5 Å². The summed E-state index contributed by atoms with van der Waals surface area (Å²) in [7, 11) is 0. The zero-order valence-electron chi connectivity index (χ0n) is 17.6. The maximum Gasteiger partial charge on any atom is 0.255 e. The average molecular weight is 436 g/mol. The van der Waals surface area contributed by atoms with E-state index in [-0.39, 0.29) is 31.8 Å². The third-order valence-electron chi connectivity index (χ3n) is 5.84. The number of piperidine rings is 1. The fourth-order valence-electron chi connectivity index (χ4n) is 3.93. The van der Waals surface area contributed by atoms with E-state index in [4.69, 9.17) is 0 Å². The molecule has 1 fully saturated rings. The Morgan fingerprint density at radius 3 is 2.56 bits per heavy atom. The topological polar surface area (TPSA) is 79.7 Å². The van der Waals surface area contributed by atoms with Crippen LogP contribution in [0.3, 0.4) is 0 Å². The Kier molecular flexibility index (Phi) is 4.96. The Hall–Kier alpha value is -3.62. The van der Waals surface area contributed by atoms with Crippen molar-refractivity contribution in [2.75, 3.05) is 13.1 Å². The van der Waals surface area contributed by atoms with Crippen molar-refractivity contribution >= 4 is 16.9 Å². The summed E-state index contributed by atoms with van der Waals surface area (Å²) in [6.07, 6.45) is 3.61. The lowest BCUT2D eigenvalue weighted by atomic mass is 10.1. The van der Waals surface area contributed by atoms with Gasteiger partial charge in [-0.1, -0.05) is 6.92 Å². The first kappa shape index (κ1) is 20.3. The van der Waals surface area contributed by atoms with Crippen molar-refractivity contribution < 1.29 is 13.6 Å². The molecule has 1 aliphatic rings. The summed E-state index contributed by atoms with van der Waals surface area (Å²) < 4.78 is 28.7. The lowest BCUT2D eigenvalue weighted by Crippen LogP contribution is -2.42. The minimum absolute atomic E-state index is 0.0577. The van der Waals surface area contributed by atoms with Gasteiger partial charge in [-0.15, -0.1) is 10.2 Å². The molecule has 164 valence electrons. The number of hydrogen-bond donors (Lipinski definition) is 1. The number of nitrogens with one attached hydrogen (secondary N) is 1. The monoisotopic (exact) mass is 436 g/mol. The Morgan fingerprint density at radius 2 is 1.88 bits per heavy atom. The molecule has 0 unspecified atom stereocenters. The maximum absolute atomic E-state index is 13.4. The molecule has 0 bridgehead atoms. The molecular weight excluding hydrogens is 414 g/mol. The summed E-state index contributed by atoms with van der Waals surface area (Å²) in [5, 5.41) is 9.08. The van der Waals surface area contributed by atoms with Crippen LogP contribution in [-0.2, 0) is 6.42 Å². The number of hydrogen-bond acceptors (Lipinski definition) is 4. The smallest absolute Gasteiger partial charge is 0.255 e. The molecule has 1 N–H and O–H groups in total. The first-order valence-corrected chi connectivity index (χ1v) is 10.6. The number of benzene rings is 1. The Labute approximate surface area is 183 Å². The number of aromatic nitrogens is 5. The molecule has 0 spiro atoms. The summed E-state index contributed by atoms with van der Waals surface area (Å²) in [5.74, 6) is -1.38. The van der Waals surface area contributed by atoms with E-state index in [0.717, 1.165) is 34.7 Å². The van der Waals surface area contributed by atoms with Crippen molar-refractivity contribution in [2.24, 2.45) is 0 Å². The fourth-order valence-corrected chi connectivity index (χ4v) is 3.93. The molecule has 5 rings (SSSR count). The Bertz CT molecular complexity index is 1270. The van der Waals surface area contributed by atoms with Crippen LogP contribution in [0, 0.1) is 0 Å². The molecule has 0 atom stereocenters. The molecule has 32 heavy (non-hydrogen) atoms. The Balaban J connectivity index is 1.37. The van der Waals surface area contributed by atoms with Crippen LogP contribution in [0.4, 0.5) is 8.78 Å². The molecule has 3 aromatic heterocycles. The van der Waals surface area contributed by atoms with Gasteiger partial charge in [0.1, 0.15) is 11.5 Å². The van der Waals surface area contributed by atoms with Crippen LogP contribution in [0.15, 0.2) is 48.8 Å². The number of pyridine rings is 1. The number of aromatic amines is 1. The predicted molar refractivity (Wildman–Crippen MR) is 116 cm³/mol. The first-order chi connectivity index (χ1) is 15.4. The highest BCUT2D eigenvalue weighted by atomic mass is 19.3. The van der Waals surface area contributed by atoms with E-state index in [9.17, 15) is 13.6 Å². The molecule has 0 aliphatic carbocycles. The number of amides is 1. The van der Waals surface area contributed by atoms with Crippen LogP contribution in [0.25, 0.3) is 28.1 Å². The Morgan fingerprint density at radius 1 is 1.12 bits per heavy atom. The van der Waals surface area contributed by atoms with Crippen LogP contribution >= 0.6 is 0 Å². The number of carbonyl (C=O) groups excluding carboxylic acids is 1. The van der Waals surface area contributed by atoms with Crippen LogP contribution in [-0.4, -0.2) is 54.6 Å². The molecule has 4 aromatic rings. The molecule has 0 saturated carbocycles. The minimum atomic E-state index is -2.68. The van der Waals surface area contributed by atoms with E-state index in [1.54, 1.807) is 6.07 Å². The quantitative estimate of drug-likeness (QED) is 0.519. The number of fused-ring (bicyclic) bond motifs is 1. The van der Waals surface area contributed by atoms with Gasteiger partial charge in [-0.2, -0.15) is 0 Å². The van der Waals surface area contributed by atoms with E-state index in [0.29, 0.717) is 11.2 Å². The van der Waals surface area contributed by atoms with E-state index < -0.39 is 5.92 Å². The number of H-pyrrole nitrogens is 1. The first-order valence-electron chi connectivity index (χ1n) is 10.6. The predicted octanol–water partition coefficient (Wildman–Crippen LogP) is 4.24. The second kappa shape index (κ2) is 7.81. The van der Waals surface area contributed by atoms with Crippen molar-refractivity contribution in [1.29, 1.82) is 0 Å². The third kappa shape index (κ3) is 3.74. The second-order valence-corrected chi connectivity index (χ2v) is 7.99. The number of aryl methyl sites for hydroxylation is 1. The molecule has 1 saturated heterocycles. The lowest BCUT2D eigenvalue weighted by Gasteiger charge is -2.31. The van der Waals surface area contributed by atoms with E-state index in [1.165, 1.54) is 11.1 Å². The van der Waals surface area contributed by atoms with Gasteiger partial charge in [-0.3, -0.25) is 4.79 Å². The maximum atomic E-state index is 13.4. The SMILES string of the molecule is CCc1nnc(-c2ccc(-n3ccc4cc(C(=O)N5CCC(F)(F)CC5)cnc43)cc2)[nH]1. The molecule has 7 nitrogen and oxygen atoms in total. The van der Waals surface area contributed by atoms with Crippen molar-refractivity contribution in [1.82, 2.24) is 29.6 Å². The largest absolute Gasteiger partial charge is 0.338 e. The molecule has 4 heterocycles. The van der Waals surface area contributed by atoms with Crippen LogP contribution in [0.2, 0.25) is 0 Å².